The van der Waals surface area contributed by atoms with Gasteiger partial charge in [0.25, 0.3) is 0 Å². The van der Waals surface area contributed by atoms with E-state index in [9.17, 15) is 9.59 Å². The van der Waals surface area contributed by atoms with Crippen LogP contribution in [0.25, 0.3) is 0 Å². The van der Waals surface area contributed by atoms with Crippen molar-refractivity contribution in [3.63, 3.8) is 0 Å². The van der Waals surface area contributed by atoms with Crippen LogP contribution >= 0.6 is 0 Å². The molecule has 0 aromatic heterocycles. The zero-order valence-electron chi connectivity index (χ0n) is 18.1. The summed E-state index contributed by atoms with van der Waals surface area (Å²) in [7, 11) is 1.65. The van der Waals surface area contributed by atoms with Gasteiger partial charge in [0.1, 0.15) is 5.75 Å². The second-order valence-electron chi connectivity index (χ2n) is 9.00. The summed E-state index contributed by atoms with van der Waals surface area (Å²) in [5.41, 5.74) is 2.35. The van der Waals surface area contributed by atoms with Crippen molar-refractivity contribution in [1.82, 2.24) is 9.80 Å². The lowest BCUT2D eigenvalue weighted by atomic mass is 9.83. The van der Waals surface area contributed by atoms with Crippen LogP contribution < -0.4 is 4.74 Å². The Bertz CT molecular complexity index is 786. The molecule has 1 aromatic carbocycles. The highest BCUT2D eigenvalue weighted by Crippen LogP contribution is 2.32. The number of ether oxygens (including phenoxy) is 1. The molecule has 2 heterocycles. The van der Waals surface area contributed by atoms with E-state index in [0.29, 0.717) is 30.7 Å². The van der Waals surface area contributed by atoms with Crippen LogP contribution in [0.5, 0.6) is 5.75 Å². The van der Waals surface area contributed by atoms with Gasteiger partial charge in [-0.1, -0.05) is 23.8 Å². The summed E-state index contributed by atoms with van der Waals surface area (Å²) >= 11 is 0. The minimum Gasteiger partial charge on any atom is -0.497 e. The van der Waals surface area contributed by atoms with Crippen LogP contribution in [0.4, 0.5) is 0 Å². The highest BCUT2D eigenvalue weighted by Gasteiger charge is 2.39. The summed E-state index contributed by atoms with van der Waals surface area (Å²) in [5.74, 6) is 1.71. The first kappa shape index (κ1) is 21.0. The maximum Gasteiger partial charge on any atom is 0.227 e. The molecule has 0 bridgehead atoms. The highest BCUT2D eigenvalue weighted by atomic mass is 16.5. The molecular weight excluding hydrogens is 376 g/mol. The fraction of sp³-hybridized carbons (Fsp3) is 0.600. The number of likely N-dealkylation sites (tertiary alicyclic amines) is 2. The zero-order valence-corrected chi connectivity index (χ0v) is 18.1. The summed E-state index contributed by atoms with van der Waals surface area (Å²) in [6, 6.07) is 8.04. The Kier molecular flexibility index (Phi) is 6.76. The second kappa shape index (κ2) is 9.67. The van der Waals surface area contributed by atoms with E-state index >= 15 is 0 Å². The molecule has 30 heavy (non-hydrogen) atoms. The number of fused-ring (bicyclic) bond motifs is 1. The number of carbonyl (C=O) groups is 2. The number of nitrogens with zero attached hydrogens (tertiary/aromatic N) is 2. The molecule has 2 amide bonds. The fourth-order valence-corrected chi connectivity index (χ4v) is 5.33. The van der Waals surface area contributed by atoms with Gasteiger partial charge in [0, 0.05) is 32.1 Å². The van der Waals surface area contributed by atoms with Gasteiger partial charge in [-0.05, 0) is 68.6 Å². The predicted molar refractivity (Wildman–Crippen MR) is 117 cm³/mol. The first-order valence-electron chi connectivity index (χ1n) is 11.5. The molecule has 5 heteroatoms. The average molecular weight is 411 g/mol. The number of methoxy groups -OCH3 is 1. The third kappa shape index (κ3) is 4.88. The molecule has 0 saturated carbocycles. The van der Waals surface area contributed by atoms with Gasteiger partial charge in [-0.2, -0.15) is 0 Å². The van der Waals surface area contributed by atoms with Crippen LogP contribution in [-0.4, -0.2) is 54.4 Å². The van der Waals surface area contributed by atoms with Crippen LogP contribution in [-0.2, 0) is 16.0 Å². The third-order valence-electron chi connectivity index (χ3n) is 7.02. The molecule has 2 fully saturated rings. The molecule has 0 radical (unpaired) electrons. The Labute approximate surface area is 180 Å². The van der Waals surface area contributed by atoms with Crippen LogP contribution in [0.15, 0.2) is 35.9 Å². The Balaban J connectivity index is 1.33. The summed E-state index contributed by atoms with van der Waals surface area (Å²) in [5, 5.41) is 0. The highest BCUT2D eigenvalue weighted by molar-refractivity contribution is 5.80. The van der Waals surface area contributed by atoms with Crippen molar-refractivity contribution >= 4 is 11.8 Å². The molecule has 2 atom stereocenters. The number of allylic oxidation sites excluding steroid dienone is 1. The summed E-state index contributed by atoms with van der Waals surface area (Å²) in [4.78, 5) is 30.1. The lowest BCUT2D eigenvalue weighted by molar-refractivity contribution is -0.141. The molecule has 0 unspecified atom stereocenters. The summed E-state index contributed by atoms with van der Waals surface area (Å²) in [6.07, 6.45) is 11.1. The molecule has 5 nitrogen and oxygen atoms in total. The Morgan fingerprint density at radius 1 is 1.00 bits per heavy atom. The molecule has 3 aliphatic rings. The van der Waals surface area contributed by atoms with Gasteiger partial charge in [-0.25, -0.2) is 0 Å². The quantitative estimate of drug-likeness (QED) is 0.690. The van der Waals surface area contributed by atoms with Crippen LogP contribution in [0, 0.1) is 5.92 Å². The van der Waals surface area contributed by atoms with E-state index in [1.165, 1.54) is 18.4 Å². The molecular formula is C25H34N2O3. The van der Waals surface area contributed by atoms with Crippen LogP contribution in [0.1, 0.15) is 56.9 Å². The van der Waals surface area contributed by atoms with Gasteiger partial charge in [0.15, 0.2) is 0 Å². The van der Waals surface area contributed by atoms with Gasteiger partial charge >= 0.3 is 0 Å². The van der Waals surface area contributed by atoms with Gasteiger partial charge in [0.05, 0.1) is 13.5 Å². The molecule has 4 rings (SSSR count). The minimum atomic E-state index is 0.189. The van der Waals surface area contributed by atoms with E-state index in [-0.39, 0.29) is 5.91 Å². The molecule has 1 aromatic rings. The van der Waals surface area contributed by atoms with Crippen molar-refractivity contribution in [1.29, 1.82) is 0 Å². The van der Waals surface area contributed by atoms with Gasteiger partial charge in [-0.3, -0.25) is 9.59 Å². The summed E-state index contributed by atoms with van der Waals surface area (Å²) in [6.45, 7) is 2.42. The van der Waals surface area contributed by atoms with E-state index in [1.54, 1.807) is 7.11 Å². The van der Waals surface area contributed by atoms with Gasteiger partial charge in [-0.15, -0.1) is 0 Å². The Morgan fingerprint density at radius 3 is 2.57 bits per heavy atom. The summed E-state index contributed by atoms with van der Waals surface area (Å²) < 4.78 is 5.20. The number of amides is 2. The van der Waals surface area contributed by atoms with Crippen molar-refractivity contribution in [3.8, 4) is 5.75 Å². The normalized spacial score (nSPS) is 24.1. The first-order chi connectivity index (χ1) is 14.6. The topological polar surface area (TPSA) is 49.9 Å². The molecule has 162 valence electrons. The smallest absolute Gasteiger partial charge is 0.227 e. The molecule has 0 N–H and O–H groups in total. The maximum absolute atomic E-state index is 13.0. The maximum atomic E-state index is 13.0. The van der Waals surface area contributed by atoms with E-state index in [0.717, 1.165) is 63.1 Å². The standard InChI is InChI=1S/C25H34N2O3/c1-30-22-11-9-20(10-12-22)16-24(28)26-15-13-23-21(18-26)8-5-14-27(23)25(29)17-19-6-3-2-4-7-19/h6,9-12,21,23H,2-5,7-8,13-18H2,1H3/t21-,23+/m1/s1. The SMILES string of the molecule is COc1ccc(CC(=O)N2CC[C@H]3[C@H](CCCN3C(=O)CC3=CCCCC3)C2)cc1. The van der Waals surface area contributed by atoms with Crippen LogP contribution in [0.3, 0.4) is 0 Å². The van der Waals surface area contributed by atoms with Crippen molar-refractivity contribution in [2.45, 2.75) is 63.8 Å². The third-order valence-corrected chi connectivity index (χ3v) is 7.02. The van der Waals surface area contributed by atoms with Gasteiger partial charge < -0.3 is 14.5 Å². The average Bonchev–Trinajstić information content (AvgIpc) is 2.79. The Morgan fingerprint density at radius 2 is 1.83 bits per heavy atom. The van der Waals surface area contributed by atoms with E-state index in [2.05, 4.69) is 11.0 Å². The van der Waals surface area contributed by atoms with E-state index in [1.807, 2.05) is 29.2 Å². The molecule has 0 spiro atoms. The van der Waals surface area contributed by atoms with Crippen molar-refractivity contribution in [2.75, 3.05) is 26.7 Å². The number of rotatable bonds is 5. The molecule has 2 saturated heterocycles. The second-order valence-corrected chi connectivity index (χ2v) is 9.00. The fourth-order valence-electron chi connectivity index (χ4n) is 5.33. The zero-order chi connectivity index (χ0) is 20.9. The Hall–Kier alpha value is -2.30. The number of carbonyl (C=O) groups excluding carboxylic acids is 2. The van der Waals surface area contributed by atoms with E-state index in [4.69, 9.17) is 4.74 Å². The number of piperidine rings is 2. The monoisotopic (exact) mass is 410 g/mol. The number of benzene rings is 1. The van der Waals surface area contributed by atoms with Gasteiger partial charge in [0.2, 0.25) is 11.8 Å². The first-order valence-corrected chi connectivity index (χ1v) is 11.5. The van der Waals surface area contributed by atoms with E-state index < -0.39 is 0 Å². The number of hydrogen-bond donors (Lipinski definition) is 0. The van der Waals surface area contributed by atoms with Crippen molar-refractivity contribution in [2.24, 2.45) is 5.92 Å². The lowest BCUT2D eigenvalue weighted by Crippen LogP contribution is -2.56. The molecule has 1 aliphatic carbocycles. The van der Waals surface area contributed by atoms with Crippen molar-refractivity contribution in [3.05, 3.63) is 41.5 Å². The van der Waals surface area contributed by atoms with Crippen molar-refractivity contribution < 1.29 is 14.3 Å². The predicted octanol–water partition coefficient (Wildman–Crippen LogP) is 3.97. The minimum absolute atomic E-state index is 0.189. The lowest BCUT2D eigenvalue weighted by Gasteiger charge is -2.47. The number of hydrogen-bond acceptors (Lipinski definition) is 3. The molecule has 2 aliphatic heterocycles. The van der Waals surface area contributed by atoms with Crippen LogP contribution in [0.2, 0.25) is 0 Å². The largest absolute Gasteiger partial charge is 0.497 e.